The van der Waals surface area contributed by atoms with Crippen LogP contribution in [0.5, 0.6) is 0 Å². The highest BCUT2D eigenvalue weighted by Gasteiger charge is 2.12. The quantitative estimate of drug-likeness (QED) is 0.391. The third kappa shape index (κ3) is 3.02. The highest BCUT2D eigenvalue weighted by atomic mass is 79.9. The lowest BCUT2D eigenvalue weighted by atomic mass is 10.1. The van der Waals surface area contributed by atoms with Crippen molar-refractivity contribution in [3.8, 4) is 34.3 Å². The Kier molecular flexibility index (Phi) is 3.79. The summed E-state index contributed by atoms with van der Waals surface area (Å²) in [6.07, 6.45) is 1.30. The number of fused-ring (bicyclic) bond motifs is 1. The van der Waals surface area contributed by atoms with E-state index in [1.54, 1.807) is 0 Å². The van der Waals surface area contributed by atoms with E-state index in [4.69, 9.17) is 8.94 Å². The van der Waals surface area contributed by atoms with Crippen LogP contribution in [-0.2, 0) is 0 Å². The van der Waals surface area contributed by atoms with Crippen LogP contribution in [0.2, 0.25) is 0 Å². The van der Waals surface area contributed by atoms with E-state index in [9.17, 15) is 0 Å². The molecule has 0 aliphatic rings. The summed E-state index contributed by atoms with van der Waals surface area (Å²) in [7, 11) is 0. The third-order valence-electron chi connectivity index (χ3n) is 4.23. The summed E-state index contributed by atoms with van der Waals surface area (Å²) in [4.78, 5) is 4.53. The maximum Gasteiger partial charge on any atom is 0.258 e. The number of rotatable bonds is 3. The zero-order valence-electron chi connectivity index (χ0n) is 13.8. The second-order valence-electron chi connectivity index (χ2n) is 5.95. The molecular weight excluding hydrogens is 408 g/mol. The Morgan fingerprint density at radius 2 is 1.48 bits per heavy atom. The van der Waals surface area contributed by atoms with E-state index in [-0.39, 0.29) is 0 Å². The molecule has 0 bridgehead atoms. The molecule has 0 amide bonds. The molecule has 0 radical (unpaired) electrons. The minimum absolute atomic E-state index is 0.471. The molecule has 0 saturated heterocycles. The summed E-state index contributed by atoms with van der Waals surface area (Å²) in [6.45, 7) is 0. The van der Waals surface area contributed by atoms with E-state index in [0.29, 0.717) is 17.6 Å². The average Bonchev–Trinajstić information content (AvgIpc) is 3.40. The lowest BCUT2D eigenvalue weighted by Crippen LogP contribution is -1.83. The summed E-state index contributed by atoms with van der Waals surface area (Å²) >= 11 is 3.49. The van der Waals surface area contributed by atoms with Crippen LogP contribution in [0.1, 0.15) is 0 Å². The molecule has 6 nitrogen and oxygen atoms in total. The fourth-order valence-corrected chi connectivity index (χ4v) is 3.25. The molecule has 0 unspecified atom stereocenters. The van der Waals surface area contributed by atoms with Gasteiger partial charge in [-0.1, -0.05) is 45.4 Å². The lowest BCUT2D eigenvalue weighted by molar-refractivity contribution is 0.432. The summed E-state index contributed by atoms with van der Waals surface area (Å²) in [5, 5.41) is 13.9. The predicted molar refractivity (Wildman–Crippen MR) is 104 cm³/mol. The van der Waals surface area contributed by atoms with Crippen LogP contribution in [0, 0.1) is 0 Å². The molecule has 2 heterocycles. The number of halogens is 1. The Bertz CT molecular complexity index is 1230. The van der Waals surface area contributed by atoms with Crippen LogP contribution < -0.4 is 0 Å². The first-order valence-electron chi connectivity index (χ1n) is 8.17. The van der Waals surface area contributed by atoms with E-state index < -0.39 is 0 Å². The normalized spacial score (nSPS) is 11.1. The van der Waals surface area contributed by atoms with Crippen LogP contribution in [0.3, 0.4) is 0 Å². The maximum absolute atomic E-state index is 5.47. The summed E-state index contributed by atoms with van der Waals surface area (Å²) < 4.78 is 11.7. The monoisotopic (exact) mass is 418 g/mol. The molecule has 0 aliphatic carbocycles. The van der Waals surface area contributed by atoms with Gasteiger partial charge in [-0.15, -0.1) is 10.2 Å². The van der Waals surface area contributed by atoms with E-state index >= 15 is 0 Å². The minimum Gasteiger partial charge on any atom is -0.423 e. The molecule has 5 rings (SSSR count). The fraction of sp³-hybridized carbons (Fsp3) is 0. The standard InChI is InChI=1S/C20H11BrN4O2/c21-17-8-7-14-9-16(6-5-15(14)10-17)19-23-18(25-27-19)12-1-3-13(4-2-12)20-24-22-11-26-20/h1-11H. The molecule has 0 fully saturated rings. The van der Waals surface area contributed by atoms with Gasteiger partial charge in [0.15, 0.2) is 0 Å². The number of benzene rings is 3. The van der Waals surface area contributed by atoms with Crippen LogP contribution in [0.4, 0.5) is 0 Å². The molecule has 5 aromatic rings. The second-order valence-corrected chi connectivity index (χ2v) is 6.87. The van der Waals surface area contributed by atoms with Gasteiger partial charge in [-0.3, -0.25) is 0 Å². The van der Waals surface area contributed by atoms with Crippen molar-refractivity contribution in [3.63, 3.8) is 0 Å². The smallest absolute Gasteiger partial charge is 0.258 e. The van der Waals surface area contributed by atoms with Gasteiger partial charge in [-0.2, -0.15) is 4.98 Å². The molecule has 2 aromatic heterocycles. The zero-order chi connectivity index (χ0) is 18.2. The first-order chi connectivity index (χ1) is 13.3. The van der Waals surface area contributed by atoms with Crippen molar-refractivity contribution in [2.24, 2.45) is 0 Å². The Morgan fingerprint density at radius 1 is 0.741 bits per heavy atom. The predicted octanol–water partition coefficient (Wildman–Crippen LogP) is 5.37. The molecule has 7 heteroatoms. The first-order valence-corrected chi connectivity index (χ1v) is 8.96. The van der Waals surface area contributed by atoms with Gasteiger partial charge in [0.05, 0.1) is 0 Å². The molecule has 130 valence electrons. The summed E-state index contributed by atoms with van der Waals surface area (Å²) in [5.41, 5.74) is 2.56. The highest BCUT2D eigenvalue weighted by Crippen LogP contribution is 2.28. The van der Waals surface area contributed by atoms with Gasteiger partial charge in [0.2, 0.25) is 18.1 Å². The summed E-state index contributed by atoms with van der Waals surface area (Å²) in [6, 6.07) is 19.7. The molecule has 0 aliphatic heterocycles. The molecule has 0 saturated carbocycles. The SMILES string of the molecule is Brc1ccc2cc(-c3nc(-c4ccc(-c5nnco5)cc4)no3)ccc2c1. The molecule has 0 spiro atoms. The molecule has 27 heavy (non-hydrogen) atoms. The largest absolute Gasteiger partial charge is 0.423 e. The fourth-order valence-electron chi connectivity index (χ4n) is 2.87. The van der Waals surface area contributed by atoms with Crippen molar-refractivity contribution < 1.29 is 8.94 Å². The van der Waals surface area contributed by atoms with Gasteiger partial charge in [-0.05, 0) is 47.2 Å². The van der Waals surface area contributed by atoms with E-state index in [1.807, 2.05) is 48.5 Å². The number of aromatic nitrogens is 4. The van der Waals surface area contributed by atoms with Gasteiger partial charge >= 0.3 is 0 Å². The Labute approximate surface area is 162 Å². The van der Waals surface area contributed by atoms with Crippen molar-refractivity contribution in [2.75, 3.05) is 0 Å². The van der Waals surface area contributed by atoms with Crippen molar-refractivity contribution in [3.05, 3.63) is 71.5 Å². The molecule has 3 aromatic carbocycles. The van der Waals surface area contributed by atoms with Crippen LogP contribution in [0.25, 0.3) is 45.1 Å². The van der Waals surface area contributed by atoms with E-state index in [0.717, 1.165) is 31.9 Å². The number of hydrogen-bond acceptors (Lipinski definition) is 6. The van der Waals surface area contributed by atoms with Gasteiger partial charge in [0.1, 0.15) is 0 Å². The van der Waals surface area contributed by atoms with Crippen LogP contribution in [0.15, 0.2) is 80.5 Å². The van der Waals surface area contributed by atoms with E-state index in [2.05, 4.69) is 48.4 Å². The van der Waals surface area contributed by atoms with Gasteiger partial charge in [0.25, 0.3) is 5.89 Å². The van der Waals surface area contributed by atoms with Crippen molar-refractivity contribution in [1.82, 2.24) is 20.3 Å². The number of nitrogens with zero attached hydrogens (tertiary/aromatic N) is 4. The van der Waals surface area contributed by atoms with Crippen molar-refractivity contribution >= 4 is 26.7 Å². The molecule has 0 atom stereocenters. The van der Waals surface area contributed by atoms with Gasteiger partial charge < -0.3 is 8.94 Å². The first kappa shape index (κ1) is 15.9. The minimum atomic E-state index is 0.471. The lowest BCUT2D eigenvalue weighted by Gasteiger charge is -2.00. The maximum atomic E-state index is 5.47. The zero-order valence-corrected chi connectivity index (χ0v) is 15.4. The Balaban J connectivity index is 1.46. The number of hydrogen-bond donors (Lipinski definition) is 0. The van der Waals surface area contributed by atoms with Gasteiger partial charge in [0, 0.05) is 21.2 Å². The Hall–Kier alpha value is -3.32. The molecule has 0 N–H and O–H groups in total. The highest BCUT2D eigenvalue weighted by molar-refractivity contribution is 9.10. The second kappa shape index (κ2) is 6.44. The van der Waals surface area contributed by atoms with Crippen LogP contribution >= 0.6 is 15.9 Å². The summed E-state index contributed by atoms with van der Waals surface area (Å²) in [5.74, 6) is 1.48. The van der Waals surface area contributed by atoms with Crippen molar-refractivity contribution in [2.45, 2.75) is 0 Å². The Morgan fingerprint density at radius 3 is 2.30 bits per heavy atom. The van der Waals surface area contributed by atoms with Crippen LogP contribution in [-0.4, -0.2) is 20.3 Å². The van der Waals surface area contributed by atoms with Crippen molar-refractivity contribution in [1.29, 1.82) is 0 Å². The molecular formula is C20H11BrN4O2. The third-order valence-corrected chi connectivity index (χ3v) is 4.72. The topological polar surface area (TPSA) is 77.8 Å². The van der Waals surface area contributed by atoms with Gasteiger partial charge in [-0.25, -0.2) is 0 Å². The average molecular weight is 419 g/mol. The van der Waals surface area contributed by atoms with E-state index in [1.165, 1.54) is 6.39 Å².